The van der Waals surface area contributed by atoms with Gasteiger partial charge in [0, 0.05) is 13.2 Å². The topological polar surface area (TPSA) is 27.7 Å². The van der Waals surface area contributed by atoms with Crippen LogP contribution in [0.15, 0.2) is 24.6 Å². The molecule has 5 heteroatoms. The Morgan fingerprint density at radius 2 is 1.18 bits per heavy atom. The third-order valence-electron chi connectivity index (χ3n) is 3.67. The van der Waals surface area contributed by atoms with Crippen LogP contribution in [0.4, 0.5) is 0 Å². The van der Waals surface area contributed by atoms with Gasteiger partial charge in [0.25, 0.3) is 0 Å². The van der Waals surface area contributed by atoms with Crippen LogP contribution in [0.5, 0.6) is 0 Å². The second-order valence-electron chi connectivity index (χ2n) is 6.01. The molecular weight excluding hydrogens is 308 g/mol. The van der Waals surface area contributed by atoms with E-state index in [1.165, 1.54) is 25.7 Å². The van der Waals surface area contributed by atoms with Gasteiger partial charge in [0.05, 0.1) is 0 Å². The van der Waals surface area contributed by atoms with E-state index in [4.69, 9.17) is 13.0 Å². The van der Waals surface area contributed by atoms with Gasteiger partial charge < -0.3 is 13.0 Å². The maximum absolute atomic E-state index is 6.30. The summed E-state index contributed by atoms with van der Waals surface area (Å²) >= 11 is 0. The number of rotatable bonds is 15. The molecule has 2 atom stereocenters. The van der Waals surface area contributed by atoms with Crippen molar-refractivity contribution in [2.45, 2.75) is 71.9 Å². The van der Waals surface area contributed by atoms with Crippen molar-refractivity contribution in [2.75, 3.05) is 13.2 Å². The van der Waals surface area contributed by atoms with E-state index in [-0.39, 0.29) is 0 Å². The van der Waals surface area contributed by atoms with Gasteiger partial charge in [0.2, 0.25) is 0 Å². The minimum atomic E-state index is -2.38. The first-order chi connectivity index (χ1) is 10.4. The van der Waals surface area contributed by atoms with Gasteiger partial charge in [-0.25, -0.2) is 0 Å². The smallest absolute Gasteiger partial charge is 0.352 e. The third-order valence-corrected chi connectivity index (χ3v) is 9.95. The van der Waals surface area contributed by atoms with E-state index in [1.54, 1.807) is 0 Å². The molecule has 0 radical (unpaired) electrons. The van der Waals surface area contributed by atoms with Crippen LogP contribution in [0.2, 0.25) is 13.1 Å². The van der Waals surface area contributed by atoms with Crippen molar-refractivity contribution in [2.24, 2.45) is 0 Å². The molecule has 0 saturated heterocycles. The van der Waals surface area contributed by atoms with Crippen LogP contribution in [-0.4, -0.2) is 30.3 Å². The highest BCUT2D eigenvalue weighted by Gasteiger charge is 2.39. The van der Waals surface area contributed by atoms with Crippen molar-refractivity contribution in [1.29, 1.82) is 0 Å². The standard InChI is InChI=1S/C17H36O3Si2/c1-7-11-13-14-15-17-19-22(6,10-4)20-21(5,9-3)18-16-12-8-2/h9-10H,3-4,7-8,11-17H2,1-2,5-6H3. The van der Waals surface area contributed by atoms with Crippen LogP contribution in [0.25, 0.3) is 0 Å². The summed E-state index contributed by atoms with van der Waals surface area (Å²) in [6, 6.07) is 0. The lowest BCUT2D eigenvalue weighted by Gasteiger charge is -2.33. The molecule has 0 heterocycles. The van der Waals surface area contributed by atoms with Gasteiger partial charge in [0.15, 0.2) is 0 Å². The second-order valence-corrected chi connectivity index (χ2v) is 12.3. The molecule has 0 rings (SSSR count). The van der Waals surface area contributed by atoms with Gasteiger partial charge in [-0.05, 0) is 25.9 Å². The molecule has 0 aliphatic carbocycles. The molecule has 0 aromatic carbocycles. The fourth-order valence-corrected chi connectivity index (χ4v) is 7.75. The van der Waals surface area contributed by atoms with E-state index >= 15 is 0 Å². The van der Waals surface area contributed by atoms with Crippen LogP contribution in [-0.2, 0) is 13.0 Å². The molecular formula is C17H36O3Si2. The maximum atomic E-state index is 6.30. The van der Waals surface area contributed by atoms with Crippen molar-refractivity contribution >= 4 is 17.1 Å². The van der Waals surface area contributed by atoms with Gasteiger partial charge in [-0.1, -0.05) is 57.4 Å². The highest BCUT2D eigenvalue weighted by molar-refractivity contribution is 6.84. The number of hydrogen-bond acceptors (Lipinski definition) is 3. The van der Waals surface area contributed by atoms with Gasteiger partial charge >= 0.3 is 17.1 Å². The fourth-order valence-electron chi connectivity index (χ4n) is 2.06. The lowest BCUT2D eigenvalue weighted by atomic mass is 10.2. The van der Waals surface area contributed by atoms with Gasteiger partial charge in [-0.2, -0.15) is 0 Å². The average molecular weight is 345 g/mol. The van der Waals surface area contributed by atoms with E-state index in [9.17, 15) is 0 Å². The first-order valence-electron chi connectivity index (χ1n) is 8.70. The van der Waals surface area contributed by atoms with Crippen LogP contribution in [0.3, 0.4) is 0 Å². The molecule has 3 nitrogen and oxygen atoms in total. The first kappa shape index (κ1) is 21.8. The molecule has 0 aliphatic heterocycles. The van der Waals surface area contributed by atoms with E-state index in [0.717, 1.165) is 32.5 Å². The average Bonchev–Trinajstić information content (AvgIpc) is 2.51. The van der Waals surface area contributed by atoms with Gasteiger partial charge in [0.1, 0.15) is 0 Å². The molecule has 0 amide bonds. The summed E-state index contributed by atoms with van der Waals surface area (Å²) in [6.45, 7) is 17.8. The van der Waals surface area contributed by atoms with Crippen molar-refractivity contribution in [3.63, 3.8) is 0 Å². The maximum Gasteiger partial charge on any atom is 0.352 e. The lowest BCUT2D eigenvalue weighted by molar-refractivity contribution is 0.197. The molecule has 0 aromatic heterocycles. The Morgan fingerprint density at radius 1 is 0.727 bits per heavy atom. The molecule has 0 saturated carbocycles. The molecule has 0 aliphatic rings. The van der Waals surface area contributed by atoms with Crippen LogP contribution < -0.4 is 0 Å². The Balaban J connectivity index is 4.31. The molecule has 0 fully saturated rings. The molecule has 0 aromatic rings. The van der Waals surface area contributed by atoms with E-state index < -0.39 is 17.1 Å². The highest BCUT2D eigenvalue weighted by atomic mass is 28.5. The predicted octanol–water partition coefficient (Wildman–Crippen LogP) is 5.40. The minimum absolute atomic E-state index is 0.726. The Bertz CT molecular complexity index is 312. The monoisotopic (exact) mass is 344 g/mol. The SMILES string of the molecule is C=C[Si](C)(OCCCC)O[Si](C)(C=C)OCCCCCCC. The van der Waals surface area contributed by atoms with Crippen molar-refractivity contribution < 1.29 is 13.0 Å². The van der Waals surface area contributed by atoms with Crippen LogP contribution in [0, 0.1) is 0 Å². The largest absolute Gasteiger partial charge is 0.409 e. The van der Waals surface area contributed by atoms with Gasteiger partial charge in [-0.3, -0.25) is 0 Å². The molecule has 130 valence electrons. The summed E-state index contributed by atoms with van der Waals surface area (Å²) in [7, 11) is -4.75. The van der Waals surface area contributed by atoms with E-state index in [2.05, 4.69) is 27.0 Å². The second kappa shape index (κ2) is 12.2. The summed E-state index contributed by atoms with van der Waals surface area (Å²) in [5.74, 6) is 0. The zero-order chi connectivity index (χ0) is 16.9. The zero-order valence-electron chi connectivity index (χ0n) is 15.2. The summed E-state index contributed by atoms with van der Waals surface area (Å²) in [5, 5.41) is 0. The van der Waals surface area contributed by atoms with Crippen LogP contribution >= 0.6 is 0 Å². The minimum Gasteiger partial charge on any atom is -0.409 e. The summed E-state index contributed by atoms with van der Waals surface area (Å²) in [5.41, 5.74) is 3.71. The van der Waals surface area contributed by atoms with E-state index in [1.807, 2.05) is 24.5 Å². The lowest BCUT2D eigenvalue weighted by Crippen LogP contribution is -2.50. The van der Waals surface area contributed by atoms with Crippen LogP contribution in [0.1, 0.15) is 58.8 Å². The normalized spacial score (nSPS) is 16.7. The van der Waals surface area contributed by atoms with Crippen molar-refractivity contribution in [3.05, 3.63) is 24.6 Å². The summed E-state index contributed by atoms with van der Waals surface area (Å²) in [6.07, 6.45) is 8.32. The zero-order valence-corrected chi connectivity index (χ0v) is 17.2. The quantitative estimate of drug-likeness (QED) is 0.294. The summed E-state index contributed by atoms with van der Waals surface area (Å²) < 4.78 is 18.3. The van der Waals surface area contributed by atoms with E-state index in [0.29, 0.717) is 0 Å². The molecule has 22 heavy (non-hydrogen) atoms. The Hall–Kier alpha value is -0.206. The Morgan fingerprint density at radius 3 is 1.64 bits per heavy atom. The molecule has 2 unspecified atom stereocenters. The molecule has 0 bridgehead atoms. The van der Waals surface area contributed by atoms with Crippen molar-refractivity contribution in [3.8, 4) is 0 Å². The first-order valence-corrected chi connectivity index (χ1v) is 13.5. The van der Waals surface area contributed by atoms with Gasteiger partial charge in [-0.15, -0.1) is 13.2 Å². The highest BCUT2D eigenvalue weighted by Crippen LogP contribution is 2.20. The third kappa shape index (κ3) is 9.74. The summed E-state index contributed by atoms with van der Waals surface area (Å²) in [4.78, 5) is 0. The predicted molar refractivity (Wildman–Crippen MR) is 100 cm³/mol. The fraction of sp³-hybridized carbons (Fsp3) is 0.765. The molecule has 0 spiro atoms. The molecule has 0 N–H and O–H groups in total. The Kier molecular flexibility index (Phi) is 12.1. The Labute approximate surface area is 140 Å². The van der Waals surface area contributed by atoms with Crippen molar-refractivity contribution in [1.82, 2.24) is 0 Å². The number of hydrogen-bond donors (Lipinski definition) is 0. The number of unbranched alkanes of at least 4 members (excludes halogenated alkanes) is 5.